The largest absolute Gasteiger partial charge is 0.482 e. The first-order chi connectivity index (χ1) is 13.5. The molecular formula is C17H13Cl5IN3O2S. The SMILES string of the molecule is O=C(COc1ccc(Cl)cc1Cl)N[C@H](NC(=S)Nc1ccc(I)cc1)C(Cl)(Cl)Cl. The molecule has 0 spiro atoms. The number of amides is 1. The molecule has 3 N–H and O–H groups in total. The summed E-state index contributed by atoms with van der Waals surface area (Å²) in [5, 5.41) is 9.09. The van der Waals surface area contributed by atoms with Gasteiger partial charge in [-0.1, -0.05) is 58.0 Å². The fraction of sp³-hybridized carbons (Fsp3) is 0.176. The van der Waals surface area contributed by atoms with Gasteiger partial charge >= 0.3 is 0 Å². The van der Waals surface area contributed by atoms with Crippen LogP contribution in [0.1, 0.15) is 0 Å². The first-order valence-electron chi connectivity index (χ1n) is 7.81. The molecule has 2 aromatic rings. The lowest BCUT2D eigenvalue weighted by atomic mass is 10.3. The number of rotatable bonds is 6. The zero-order valence-corrected chi connectivity index (χ0v) is 21.1. The molecule has 2 aromatic carbocycles. The Balaban J connectivity index is 1.94. The summed E-state index contributed by atoms with van der Waals surface area (Å²) in [5.41, 5.74) is 0.734. The quantitative estimate of drug-likeness (QED) is 0.164. The van der Waals surface area contributed by atoms with Gasteiger partial charge in [0.1, 0.15) is 11.9 Å². The van der Waals surface area contributed by atoms with Crippen LogP contribution in [-0.2, 0) is 4.79 Å². The number of hydrogen-bond acceptors (Lipinski definition) is 3. The van der Waals surface area contributed by atoms with Gasteiger partial charge in [-0.05, 0) is 77.3 Å². The summed E-state index contributed by atoms with van der Waals surface area (Å²) in [6, 6.07) is 12.1. The number of halogens is 6. The van der Waals surface area contributed by atoms with Crippen molar-refractivity contribution in [2.75, 3.05) is 11.9 Å². The van der Waals surface area contributed by atoms with Crippen LogP contribution in [0.5, 0.6) is 5.75 Å². The van der Waals surface area contributed by atoms with E-state index in [9.17, 15) is 4.79 Å². The number of hydrogen-bond donors (Lipinski definition) is 3. The molecule has 0 radical (unpaired) electrons. The van der Waals surface area contributed by atoms with Gasteiger partial charge in [-0.2, -0.15) is 0 Å². The van der Waals surface area contributed by atoms with E-state index in [-0.39, 0.29) is 16.7 Å². The van der Waals surface area contributed by atoms with Crippen molar-refractivity contribution in [2.45, 2.75) is 9.96 Å². The Kier molecular flexibility index (Phi) is 9.66. The normalized spacial score (nSPS) is 12.1. The highest BCUT2D eigenvalue weighted by Crippen LogP contribution is 2.30. The maximum Gasteiger partial charge on any atom is 0.259 e. The minimum Gasteiger partial charge on any atom is -0.482 e. The monoisotopic (exact) mass is 625 g/mol. The molecule has 0 unspecified atom stereocenters. The molecule has 0 heterocycles. The molecule has 2 rings (SSSR count). The summed E-state index contributed by atoms with van der Waals surface area (Å²) >= 11 is 37.1. The van der Waals surface area contributed by atoms with E-state index in [1.165, 1.54) is 6.07 Å². The standard InChI is InChI=1S/C17H13Cl5IN3O2S/c18-9-1-6-13(12(19)7-9)28-8-14(27)25-15(17(20,21)22)26-16(29)24-11-4-2-10(23)3-5-11/h1-7,15H,8H2,(H,25,27)(H2,24,26,29)/t15-/m1/s1. The lowest BCUT2D eigenvalue weighted by Gasteiger charge is -2.27. The fourth-order valence-electron chi connectivity index (χ4n) is 1.97. The lowest BCUT2D eigenvalue weighted by molar-refractivity contribution is -0.123. The van der Waals surface area contributed by atoms with E-state index >= 15 is 0 Å². The summed E-state index contributed by atoms with van der Waals surface area (Å²) < 4.78 is 4.56. The molecule has 0 aliphatic heterocycles. The van der Waals surface area contributed by atoms with Crippen molar-refractivity contribution in [1.82, 2.24) is 10.6 Å². The molecule has 0 saturated heterocycles. The van der Waals surface area contributed by atoms with Crippen LogP contribution in [0, 0.1) is 3.57 Å². The van der Waals surface area contributed by atoms with Crippen LogP contribution in [-0.4, -0.2) is 27.6 Å². The predicted molar refractivity (Wildman–Crippen MR) is 133 cm³/mol. The van der Waals surface area contributed by atoms with Crippen LogP contribution in [0.25, 0.3) is 0 Å². The Morgan fingerprint density at radius 1 is 1.10 bits per heavy atom. The number of alkyl halides is 3. The maximum atomic E-state index is 12.2. The van der Waals surface area contributed by atoms with Crippen molar-refractivity contribution in [3.8, 4) is 5.75 Å². The second kappa shape index (κ2) is 11.3. The molecule has 0 bridgehead atoms. The Morgan fingerprint density at radius 2 is 1.76 bits per heavy atom. The van der Waals surface area contributed by atoms with E-state index in [0.29, 0.717) is 10.8 Å². The van der Waals surface area contributed by atoms with Gasteiger partial charge in [-0.15, -0.1) is 0 Å². The van der Waals surface area contributed by atoms with E-state index in [0.717, 1.165) is 9.26 Å². The predicted octanol–water partition coefficient (Wildman–Crippen LogP) is 5.78. The molecule has 156 valence electrons. The topological polar surface area (TPSA) is 62.4 Å². The second-order valence-electron chi connectivity index (χ2n) is 5.51. The van der Waals surface area contributed by atoms with E-state index < -0.39 is 15.9 Å². The van der Waals surface area contributed by atoms with Gasteiger partial charge in [0, 0.05) is 14.3 Å². The van der Waals surface area contributed by atoms with Gasteiger partial charge in [0.05, 0.1) is 5.02 Å². The highest BCUT2D eigenvalue weighted by Gasteiger charge is 2.34. The van der Waals surface area contributed by atoms with Gasteiger partial charge in [0.15, 0.2) is 11.7 Å². The zero-order valence-electron chi connectivity index (χ0n) is 14.3. The molecule has 0 saturated carbocycles. The number of nitrogens with one attached hydrogen (secondary N) is 3. The van der Waals surface area contributed by atoms with Crippen molar-refractivity contribution in [3.05, 3.63) is 56.1 Å². The van der Waals surface area contributed by atoms with Crippen molar-refractivity contribution in [3.63, 3.8) is 0 Å². The number of benzene rings is 2. The summed E-state index contributed by atoms with van der Waals surface area (Å²) in [7, 11) is 0. The van der Waals surface area contributed by atoms with Crippen LogP contribution in [0.2, 0.25) is 10.0 Å². The molecule has 5 nitrogen and oxygen atoms in total. The minimum absolute atomic E-state index is 0.157. The summed E-state index contributed by atoms with van der Waals surface area (Å²) in [5.74, 6) is -0.266. The van der Waals surface area contributed by atoms with Crippen molar-refractivity contribution in [1.29, 1.82) is 0 Å². The van der Waals surface area contributed by atoms with Crippen LogP contribution < -0.4 is 20.7 Å². The molecule has 0 aliphatic carbocycles. The van der Waals surface area contributed by atoms with Gasteiger partial charge in [-0.25, -0.2) is 0 Å². The minimum atomic E-state index is -1.88. The molecular weight excluding hydrogens is 614 g/mol. The molecule has 0 aliphatic rings. The number of carbonyl (C=O) groups is 1. The maximum absolute atomic E-state index is 12.2. The Hall–Kier alpha value is -0.420. The highest BCUT2D eigenvalue weighted by molar-refractivity contribution is 14.1. The van der Waals surface area contributed by atoms with Crippen LogP contribution in [0.15, 0.2) is 42.5 Å². The first kappa shape index (κ1) is 24.8. The lowest BCUT2D eigenvalue weighted by Crippen LogP contribution is -2.56. The molecule has 0 fully saturated rings. The molecule has 1 atom stereocenters. The van der Waals surface area contributed by atoms with Gasteiger partial charge in [0.25, 0.3) is 5.91 Å². The number of carbonyl (C=O) groups excluding carboxylic acids is 1. The van der Waals surface area contributed by atoms with E-state index in [1.54, 1.807) is 12.1 Å². The Labute approximate surface area is 211 Å². The average Bonchev–Trinajstić information content (AvgIpc) is 2.61. The Bertz CT molecular complexity index is 880. The fourth-order valence-corrected chi connectivity index (χ4v) is 3.36. The first-order valence-corrected chi connectivity index (χ1v) is 11.2. The van der Waals surface area contributed by atoms with E-state index in [4.69, 9.17) is 75.0 Å². The number of thiocarbonyl (C=S) groups is 1. The summed E-state index contributed by atoms with van der Waals surface area (Å²) in [6.45, 7) is -0.364. The van der Waals surface area contributed by atoms with Crippen molar-refractivity contribution >= 4 is 110 Å². The molecule has 12 heteroatoms. The van der Waals surface area contributed by atoms with E-state index in [2.05, 4.69) is 38.5 Å². The third-order valence-electron chi connectivity index (χ3n) is 3.26. The van der Waals surface area contributed by atoms with Gasteiger partial charge < -0.3 is 20.7 Å². The van der Waals surface area contributed by atoms with Crippen molar-refractivity contribution in [2.24, 2.45) is 0 Å². The van der Waals surface area contributed by atoms with Gasteiger partial charge in [-0.3, -0.25) is 4.79 Å². The summed E-state index contributed by atoms with van der Waals surface area (Å²) in [4.78, 5) is 12.2. The molecule has 29 heavy (non-hydrogen) atoms. The Morgan fingerprint density at radius 3 is 2.34 bits per heavy atom. The third-order valence-corrected chi connectivity index (χ3v) is 5.39. The third kappa shape index (κ3) is 8.69. The van der Waals surface area contributed by atoms with E-state index in [1.807, 2.05) is 24.3 Å². The van der Waals surface area contributed by atoms with Crippen LogP contribution in [0.4, 0.5) is 5.69 Å². The molecule has 1 amide bonds. The van der Waals surface area contributed by atoms with Crippen molar-refractivity contribution < 1.29 is 9.53 Å². The smallest absolute Gasteiger partial charge is 0.259 e. The number of anilines is 1. The van der Waals surface area contributed by atoms with Crippen LogP contribution >= 0.6 is 92.8 Å². The zero-order chi connectivity index (χ0) is 21.6. The summed E-state index contributed by atoms with van der Waals surface area (Å²) in [6.07, 6.45) is -1.12. The molecule has 0 aromatic heterocycles. The highest BCUT2D eigenvalue weighted by atomic mass is 127. The second-order valence-corrected chi connectivity index (χ2v) is 10.4. The van der Waals surface area contributed by atoms with Crippen LogP contribution in [0.3, 0.4) is 0 Å². The number of ether oxygens (including phenoxy) is 1. The average molecular weight is 628 g/mol. The van der Waals surface area contributed by atoms with Gasteiger partial charge in [0.2, 0.25) is 3.79 Å².